The Morgan fingerprint density at radius 2 is 1.56 bits per heavy atom. The van der Waals surface area contributed by atoms with Gasteiger partial charge in [-0.1, -0.05) is 12.1 Å². The third-order valence-corrected chi connectivity index (χ3v) is 5.43. The van der Waals surface area contributed by atoms with Gasteiger partial charge in [0, 0.05) is 38.4 Å². The molecule has 2 heterocycles. The molecule has 0 spiro atoms. The molecule has 3 rings (SSSR count). The van der Waals surface area contributed by atoms with Gasteiger partial charge in [0.15, 0.2) is 0 Å². The SMILES string of the molecule is O=C(C1CCN(Cc2ccc(C(F)(F)F)cc2)CC1)N1CCC(F)(F)CC1. The number of piperidine rings is 2. The lowest BCUT2D eigenvalue weighted by Gasteiger charge is -2.37. The number of benzene rings is 1. The molecule has 0 aromatic heterocycles. The number of nitrogens with zero attached hydrogens (tertiary/aromatic N) is 2. The van der Waals surface area contributed by atoms with Gasteiger partial charge in [-0.3, -0.25) is 9.69 Å². The van der Waals surface area contributed by atoms with Crippen LogP contribution in [0.4, 0.5) is 22.0 Å². The van der Waals surface area contributed by atoms with Crippen LogP contribution in [0.25, 0.3) is 0 Å². The molecule has 0 radical (unpaired) electrons. The van der Waals surface area contributed by atoms with Gasteiger partial charge < -0.3 is 4.90 Å². The predicted molar refractivity (Wildman–Crippen MR) is 90.2 cm³/mol. The van der Waals surface area contributed by atoms with Gasteiger partial charge in [-0.15, -0.1) is 0 Å². The minimum Gasteiger partial charge on any atom is -0.342 e. The summed E-state index contributed by atoms with van der Waals surface area (Å²) in [5.41, 5.74) is 0.133. The van der Waals surface area contributed by atoms with E-state index in [-0.39, 0.29) is 37.8 Å². The molecule has 0 bridgehead atoms. The molecule has 0 unspecified atom stereocenters. The van der Waals surface area contributed by atoms with Crippen LogP contribution in [0.2, 0.25) is 0 Å². The first-order valence-corrected chi connectivity index (χ1v) is 9.19. The highest BCUT2D eigenvalue weighted by Crippen LogP contribution is 2.31. The molecule has 150 valence electrons. The second-order valence-electron chi connectivity index (χ2n) is 7.43. The zero-order valence-electron chi connectivity index (χ0n) is 14.9. The largest absolute Gasteiger partial charge is 0.416 e. The number of carbonyl (C=O) groups is 1. The number of halogens is 5. The highest BCUT2D eigenvalue weighted by atomic mass is 19.4. The fourth-order valence-electron chi connectivity index (χ4n) is 3.71. The fraction of sp³-hybridized carbons (Fsp3) is 0.632. The van der Waals surface area contributed by atoms with Crippen LogP contribution in [-0.2, 0) is 17.5 Å². The van der Waals surface area contributed by atoms with Crippen molar-refractivity contribution >= 4 is 5.91 Å². The van der Waals surface area contributed by atoms with Crippen LogP contribution >= 0.6 is 0 Å². The molecule has 0 atom stereocenters. The van der Waals surface area contributed by atoms with Gasteiger partial charge in [0.1, 0.15) is 0 Å². The summed E-state index contributed by atoms with van der Waals surface area (Å²) in [5.74, 6) is -2.86. The van der Waals surface area contributed by atoms with Crippen LogP contribution in [0.5, 0.6) is 0 Å². The van der Waals surface area contributed by atoms with Crippen LogP contribution in [0.3, 0.4) is 0 Å². The highest BCUT2D eigenvalue weighted by Gasteiger charge is 2.37. The summed E-state index contributed by atoms with van der Waals surface area (Å²) in [7, 11) is 0. The summed E-state index contributed by atoms with van der Waals surface area (Å²) in [6.07, 6.45) is -3.59. The van der Waals surface area contributed by atoms with E-state index >= 15 is 0 Å². The molecular weight excluding hydrogens is 367 g/mol. The van der Waals surface area contributed by atoms with E-state index in [9.17, 15) is 26.7 Å². The van der Waals surface area contributed by atoms with Crippen molar-refractivity contribution in [1.29, 1.82) is 0 Å². The second kappa shape index (κ2) is 7.73. The maximum atomic E-state index is 13.2. The van der Waals surface area contributed by atoms with Crippen molar-refractivity contribution in [2.24, 2.45) is 5.92 Å². The van der Waals surface area contributed by atoms with Crippen molar-refractivity contribution in [3.05, 3.63) is 35.4 Å². The number of hydrogen-bond donors (Lipinski definition) is 0. The van der Waals surface area contributed by atoms with Gasteiger partial charge >= 0.3 is 6.18 Å². The van der Waals surface area contributed by atoms with E-state index in [0.717, 1.165) is 17.7 Å². The molecule has 1 amide bonds. The lowest BCUT2D eigenvalue weighted by Crippen LogP contribution is -2.47. The van der Waals surface area contributed by atoms with Gasteiger partial charge in [0.2, 0.25) is 5.91 Å². The zero-order chi connectivity index (χ0) is 19.7. The average molecular weight is 390 g/mol. The van der Waals surface area contributed by atoms with Crippen LogP contribution in [0.1, 0.15) is 36.8 Å². The maximum Gasteiger partial charge on any atom is 0.416 e. The fourth-order valence-corrected chi connectivity index (χ4v) is 3.71. The Kier molecular flexibility index (Phi) is 5.74. The number of likely N-dealkylation sites (tertiary alicyclic amines) is 2. The van der Waals surface area contributed by atoms with Gasteiger partial charge in [-0.05, 0) is 43.6 Å². The molecule has 8 heteroatoms. The van der Waals surface area contributed by atoms with E-state index in [1.807, 2.05) is 0 Å². The molecular formula is C19H23F5N2O. The van der Waals surface area contributed by atoms with Gasteiger partial charge in [0.25, 0.3) is 5.92 Å². The van der Waals surface area contributed by atoms with Crippen LogP contribution in [0.15, 0.2) is 24.3 Å². The van der Waals surface area contributed by atoms with Gasteiger partial charge in [-0.25, -0.2) is 8.78 Å². The number of carbonyl (C=O) groups excluding carboxylic acids is 1. The molecule has 1 aromatic rings. The summed E-state index contributed by atoms with van der Waals surface area (Å²) >= 11 is 0. The first-order chi connectivity index (χ1) is 12.6. The first kappa shape index (κ1) is 20.0. The standard InChI is InChI=1S/C19H23F5N2O/c20-18(21)7-11-26(12-8-18)17(27)15-5-9-25(10-6-15)13-14-1-3-16(4-2-14)19(22,23)24/h1-4,15H,5-13H2. The van der Waals surface area contributed by atoms with E-state index in [1.54, 1.807) is 4.90 Å². The Labute approximate surface area is 155 Å². The van der Waals surface area contributed by atoms with E-state index < -0.39 is 17.7 Å². The lowest BCUT2D eigenvalue weighted by atomic mass is 9.93. The topological polar surface area (TPSA) is 23.6 Å². The van der Waals surface area contributed by atoms with E-state index in [1.165, 1.54) is 12.1 Å². The zero-order valence-corrected chi connectivity index (χ0v) is 14.9. The van der Waals surface area contributed by atoms with Crippen molar-refractivity contribution in [2.75, 3.05) is 26.2 Å². The monoisotopic (exact) mass is 390 g/mol. The second-order valence-corrected chi connectivity index (χ2v) is 7.43. The van der Waals surface area contributed by atoms with Crippen molar-refractivity contribution < 1.29 is 26.7 Å². The Morgan fingerprint density at radius 1 is 1.00 bits per heavy atom. The molecule has 1 aromatic carbocycles. The summed E-state index contributed by atoms with van der Waals surface area (Å²) in [6.45, 7) is 2.09. The smallest absolute Gasteiger partial charge is 0.342 e. The van der Waals surface area contributed by atoms with Crippen molar-refractivity contribution in [3.8, 4) is 0 Å². The van der Waals surface area contributed by atoms with Crippen LogP contribution in [-0.4, -0.2) is 47.8 Å². The average Bonchev–Trinajstić information content (AvgIpc) is 2.61. The summed E-state index contributed by atoms with van der Waals surface area (Å²) in [6, 6.07) is 5.12. The number of amides is 1. The minimum atomic E-state index is -4.34. The third-order valence-electron chi connectivity index (χ3n) is 5.43. The highest BCUT2D eigenvalue weighted by molar-refractivity contribution is 5.79. The van der Waals surface area contributed by atoms with Gasteiger partial charge in [0.05, 0.1) is 5.56 Å². The molecule has 2 aliphatic heterocycles. The number of hydrogen-bond acceptors (Lipinski definition) is 2. The maximum absolute atomic E-state index is 13.2. The van der Waals surface area contributed by atoms with Gasteiger partial charge in [-0.2, -0.15) is 13.2 Å². The first-order valence-electron chi connectivity index (χ1n) is 9.19. The molecule has 0 aliphatic carbocycles. The quantitative estimate of drug-likeness (QED) is 0.723. The Balaban J connectivity index is 1.47. The molecule has 27 heavy (non-hydrogen) atoms. The number of alkyl halides is 5. The molecule has 2 aliphatic rings. The van der Waals surface area contributed by atoms with E-state index in [0.29, 0.717) is 32.5 Å². The minimum absolute atomic E-state index is 0.0420. The Hall–Kier alpha value is -1.70. The summed E-state index contributed by atoms with van der Waals surface area (Å²) in [4.78, 5) is 16.2. The van der Waals surface area contributed by atoms with Crippen LogP contribution < -0.4 is 0 Å². The summed E-state index contributed by atoms with van der Waals surface area (Å²) in [5, 5.41) is 0. The van der Waals surface area contributed by atoms with E-state index in [2.05, 4.69) is 4.90 Å². The lowest BCUT2D eigenvalue weighted by molar-refractivity contribution is -0.143. The number of rotatable bonds is 3. The Bertz CT molecular complexity index is 641. The molecule has 0 N–H and O–H groups in total. The molecule has 0 saturated carbocycles. The van der Waals surface area contributed by atoms with Crippen LogP contribution in [0, 0.1) is 5.92 Å². The Morgan fingerprint density at radius 3 is 2.07 bits per heavy atom. The third kappa shape index (κ3) is 5.18. The predicted octanol–water partition coefficient (Wildman–Crippen LogP) is 4.18. The van der Waals surface area contributed by atoms with Crippen molar-refractivity contribution in [1.82, 2.24) is 9.80 Å². The molecule has 2 saturated heterocycles. The summed E-state index contributed by atoms with van der Waals surface area (Å²) < 4.78 is 64.3. The molecule has 2 fully saturated rings. The molecule has 3 nitrogen and oxygen atoms in total. The van der Waals surface area contributed by atoms with E-state index in [4.69, 9.17) is 0 Å². The normalized spacial score (nSPS) is 22.0. The van der Waals surface area contributed by atoms with Crippen molar-refractivity contribution in [3.63, 3.8) is 0 Å². The van der Waals surface area contributed by atoms with Crippen molar-refractivity contribution in [2.45, 2.75) is 44.3 Å².